The molecule has 1 aliphatic rings. The minimum atomic E-state index is -2.17. The highest BCUT2D eigenvalue weighted by molar-refractivity contribution is 7.77. The molecule has 0 spiro atoms. The number of halogens is 1. The maximum atomic E-state index is 11.0. The lowest BCUT2D eigenvalue weighted by atomic mass is 10.1. The molecule has 4 heterocycles. The lowest BCUT2D eigenvalue weighted by molar-refractivity contribution is 0.0341. The van der Waals surface area contributed by atoms with Crippen molar-refractivity contribution in [1.82, 2.24) is 34.5 Å². The number of nitrogens with two attached hydrogens (primary N) is 1. The van der Waals surface area contributed by atoms with E-state index in [0.29, 0.717) is 54.0 Å². The Morgan fingerprint density at radius 1 is 1.21 bits per heavy atom. The molecule has 1 saturated heterocycles. The molecule has 0 amide bonds. The van der Waals surface area contributed by atoms with Crippen molar-refractivity contribution in [1.29, 1.82) is 0 Å². The lowest BCUT2D eigenvalue weighted by Gasteiger charge is -2.26. The van der Waals surface area contributed by atoms with Crippen LogP contribution in [0.2, 0.25) is 5.15 Å². The van der Waals surface area contributed by atoms with Gasteiger partial charge < -0.3 is 15.8 Å². The number of hydrogen-bond acceptors (Lipinski definition) is 10. The number of hydrogen-bond donors (Lipinski definition) is 4. The van der Waals surface area contributed by atoms with Crippen LogP contribution in [0, 0.1) is 6.92 Å². The van der Waals surface area contributed by atoms with Crippen molar-refractivity contribution in [3.8, 4) is 11.4 Å². The summed E-state index contributed by atoms with van der Waals surface area (Å²) in [5.41, 5.74) is 8.64. The van der Waals surface area contributed by atoms with E-state index >= 15 is 0 Å². The number of nitrogens with one attached hydrogen (secondary N) is 2. The number of rotatable bonds is 8. The molecule has 1 unspecified atom stereocenters. The molecule has 34 heavy (non-hydrogen) atoms. The van der Waals surface area contributed by atoms with Crippen molar-refractivity contribution in [3.63, 3.8) is 0 Å². The monoisotopic (exact) mass is 505 g/mol. The maximum Gasteiger partial charge on any atom is 0.232 e. The fraction of sp³-hybridized carbons (Fsp3) is 0.350. The molecular weight excluding hydrogens is 482 g/mol. The van der Waals surface area contributed by atoms with Crippen LogP contribution >= 0.6 is 11.6 Å². The molecule has 4 rings (SSSR count). The van der Waals surface area contributed by atoms with Crippen molar-refractivity contribution in [3.05, 3.63) is 46.6 Å². The fourth-order valence-corrected chi connectivity index (χ4v) is 3.92. The van der Waals surface area contributed by atoms with Crippen LogP contribution in [0.25, 0.3) is 11.4 Å². The molecule has 0 aromatic carbocycles. The number of aromatic nitrogens is 5. The molecule has 0 saturated carbocycles. The summed E-state index contributed by atoms with van der Waals surface area (Å²) in [4.78, 5) is 23.9. The maximum absolute atomic E-state index is 11.0. The van der Waals surface area contributed by atoms with Gasteiger partial charge in [-0.3, -0.25) is 9.45 Å². The van der Waals surface area contributed by atoms with Gasteiger partial charge in [-0.2, -0.15) is 9.97 Å². The van der Waals surface area contributed by atoms with Crippen molar-refractivity contribution in [2.75, 3.05) is 37.4 Å². The van der Waals surface area contributed by atoms with E-state index in [2.05, 4.69) is 39.9 Å². The van der Waals surface area contributed by atoms with Gasteiger partial charge in [0.25, 0.3) is 0 Å². The Kier molecular flexibility index (Phi) is 7.92. The van der Waals surface area contributed by atoms with Crippen LogP contribution in [0.4, 0.5) is 17.5 Å². The highest BCUT2D eigenvalue weighted by Crippen LogP contribution is 2.29. The number of nitrogen functional groups attached to an aromatic ring is 1. The number of morpholine rings is 1. The molecule has 1 fully saturated rings. The lowest BCUT2D eigenvalue weighted by Crippen LogP contribution is -2.35. The molecule has 3 aromatic rings. The smallest absolute Gasteiger partial charge is 0.232 e. The number of anilines is 3. The van der Waals surface area contributed by atoms with Gasteiger partial charge in [-0.05, 0) is 24.6 Å². The first-order chi connectivity index (χ1) is 16.4. The second-order valence-electron chi connectivity index (χ2n) is 7.56. The number of nitrogens with zero attached hydrogens (tertiary/aromatic N) is 6. The van der Waals surface area contributed by atoms with Gasteiger partial charge in [0.15, 0.2) is 5.82 Å². The molecule has 3 aromatic heterocycles. The van der Waals surface area contributed by atoms with E-state index < -0.39 is 11.3 Å². The first-order valence-electron chi connectivity index (χ1n) is 10.4. The second-order valence-corrected chi connectivity index (χ2v) is 8.71. The Morgan fingerprint density at radius 3 is 2.74 bits per heavy atom. The van der Waals surface area contributed by atoms with E-state index in [1.165, 1.54) is 0 Å². The molecular formula is C20H24ClN9O3S. The van der Waals surface area contributed by atoms with Gasteiger partial charge >= 0.3 is 0 Å². The van der Waals surface area contributed by atoms with E-state index in [1.807, 2.05) is 6.07 Å². The van der Waals surface area contributed by atoms with Gasteiger partial charge in [-0.25, -0.2) is 23.9 Å². The first-order valence-corrected chi connectivity index (χ1v) is 11.9. The first kappa shape index (κ1) is 24.3. The van der Waals surface area contributed by atoms with Gasteiger partial charge in [-0.1, -0.05) is 11.6 Å². The van der Waals surface area contributed by atoms with Crippen LogP contribution in [0.15, 0.2) is 24.5 Å². The standard InChI is InChI=1S/C20H24ClN9O3S/c1-12-26-19(29-20(22)27-12)16-6-13(11-30-2-4-33-5-3-30)8-24-18(16)28-15-7-14(9-25-34(31)32)17(21)23-10-15/h6-8,10,25H,2-5,9,11H2,1H3,(H,24,28)(H,31,32)(H2,22,26,27,29). The summed E-state index contributed by atoms with van der Waals surface area (Å²) < 4.78 is 27.8. The van der Waals surface area contributed by atoms with Gasteiger partial charge in [0.05, 0.1) is 30.7 Å². The molecule has 1 aliphatic heterocycles. The molecule has 5 N–H and O–H groups in total. The van der Waals surface area contributed by atoms with Gasteiger partial charge in [0, 0.05) is 37.9 Å². The summed E-state index contributed by atoms with van der Waals surface area (Å²) in [5, 5.41) is 3.44. The Labute approximate surface area is 203 Å². The Balaban J connectivity index is 1.67. The second kappa shape index (κ2) is 11.1. The summed E-state index contributed by atoms with van der Waals surface area (Å²) >= 11 is 3.96. The Morgan fingerprint density at radius 2 is 2.00 bits per heavy atom. The van der Waals surface area contributed by atoms with Gasteiger partial charge in [0.1, 0.15) is 16.8 Å². The van der Waals surface area contributed by atoms with Crippen molar-refractivity contribution in [2.24, 2.45) is 0 Å². The average Bonchev–Trinajstić information content (AvgIpc) is 2.80. The summed E-state index contributed by atoms with van der Waals surface area (Å²) in [6, 6.07) is 3.69. The third-order valence-corrected chi connectivity index (χ3v) is 5.75. The largest absolute Gasteiger partial charge is 0.379 e. The van der Waals surface area contributed by atoms with Crippen molar-refractivity contribution < 1.29 is 13.5 Å². The topological polar surface area (TPSA) is 164 Å². The van der Waals surface area contributed by atoms with Crippen LogP contribution in [-0.4, -0.2) is 64.9 Å². The predicted molar refractivity (Wildman–Crippen MR) is 128 cm³/mol. The molecule has 0 bridgehead atoms. The number of aryl methyl sites for hydroxylation is 1. The van der Waals surface area contributed by atoms with Crippen molar-refractivity contribution in [2.45, 2.75) is 20.0 Å². The van der Waals surface area contributed by atoms with Crippen molar-refractivity contribution >= 4 is 40.3 Å². The normalized spacial score (nSPS) is 15.3. The molecule has 180 valence electrons. The molecule has 0 aliphatic carbocycles. The SMILES string of the molecule is Cc1nc(N)nc(-c2cc(CN3CCOCC3)cnc2Nc2cnc(Cl)c(CNS(=O)O)c2)n1. The number of pyridine rings is 2. The molecule has 0 radical (unpaired) electrons. The highest BCUT2D eigenvalue weighted by Gasteiger charge is 2.17. The van der Waals surface area contributed by atoms with E-state index in [1.54, 1.807) is 25.4 Å². The zero-order valence-electron chi connectivity index (χ0n) is 18.4. The van der Waals surface area contributed by atoms with E-state index in [9.17, 15) is 4.21 Å². The zero-order valence-corrected chi connectivity index (χ0v) is 19.9. The summed E-state index contributed by atoms with van der Waals surface area (Å²) in [6.45, 7) is 5.61. The minimum absolute atomic E-state index is 0.0619. The Bertz CT molecular complexity index is 1170. The third-order valence-electron chi connectivity index (χ3n) is 5.02. The zero-order chi connectivity index (χ0) is 24.1. The van der Waals surface area contributed by atoms with Crippen LogP contribution in [0.1, 0.15) is 17.0 Å². The minimum Gasteiger partial charge on any atom is -0.379 e. The average molecular weight is 506 g/mol. The predicted octanol–water partition coefficient (Wildman–Crippen LogP) is 1.67. The van der Waals surface area contributed by atoms with Crippen LogP contribution in [0.5, 0.6) is 0 Å². The van der Waals surface area contributed by atoms with E-state index in [-0.39, 0.29) is 17.6 Å². The molecule has 14 heteroatoms. The van der Waals surface area contributed by atoms with Gasteiger partial charge in [-0.15, -0.1) is 0 Å². The fourth-order valence-electron chi connectivity index (χ4n) is 3.47. The molecule has 12 nitrogen and oxygen atoms in total. The van der Waals surface area contributed by atoms with E-state index in [0.717, 1.165) is 18.7 Å². The Hall–Kier alpha value is -2.81. The van der Waals surface area contributed by atoms with Crippen LogP contribution in [0.3, 0.4) is 0 Å². The number of ether oxygens (including phenoxy) is 1. The summed E-state index contributed by atoms with van der Waals surface area (Å²) in [5.74, 6) is 1.49. The van der Waals surface area contributed by atoms with Gasteiger partial charge in [0.2, 0.25) is 17.2 Å². The van der Waals surface area contributed by atoms with Crippen LogP contribution in [-0.2, 0) is 29.1 Å². The summed E-state index contributed by atoms with van der Waals surface area (Å²) in [6.07, 6.45) is 3.33. The van der Waals surface area contributed by atoms with E-state index in [4.69, 9.17) is 26.6 Å². The van der Waals surface area contributed by atoms with Crippen LogP contribution < -0.4 is 15.8 Å². The highest BCUT2D eigenvalue weighted by atomic mass is 35.5. The third kappa shape index (κ3) is 6.40. The quantitative estimate of drug-likeness (QED) is 0.260. The summed E-state index contributed by atoms with van der Waals surface area (Å²) in [7, 11) is 0. The molecule has 1 atom stereocenters.